The quantitative estimate of drug-likeness (QED) is 0.0155. The van der Waals surface area contributed by atoms with E-state index in [1.807, 2.05) is 13.8 Å². The average molecular weight is 1710 g/mol. The molecule has 0 fully saturated rings. The molecule has 0 aliphatic carbocycles. The summed E-state index contributed by atoms with van der Waals surface area (Å²) >= 11 is 0. The number of ether oxygens (including phenoxy) is 8. The number of imide groups is 2. The van der Waals surface area contributed by atoms with E-state index in [0.29, 0.717) is 41.9 Å². The monoisotopic (exact) mass is 1710 g/mol. The molecule has 2 aliphatic heterocycles. The SMILES string of the molecule is CCCNC(=O)C(C(C)C)N1C(=O)c2cc(Oc3ccc(OCC[Si](OC)(OC)OC)cc3)c3c4c(Oc5ccc(OCCS(OC)(OC)OC)cc5)cc5c6c(cc(Oc7ccc(OCCS(OC)(OC)OC)cc7)c(c7c(Oc8ccc(OCCS(OC)(OC)OC)cc8)cc(c2c37)C1=O)c64)C(=O)N(C(C(=O)NCCC)C(C)C)C5=O. The van der Waals surface area contributed by atoms with E-state index in [0.717, 1.165) is 9.80 Å². The summed E-state index contributed by atoms with van der Waals surface area (Å²) in [6.45, 7) is 11.8. The Morgan fingerprint density at radius 1 is 0.339 bits per heavy atom. The first-order valence-electron chi connectivity index (χ1n) is 38.2. The number of rotatable bonds is 46. The Hall–Kier alpha value is -9.31. The van der Waals surface area contributed by atoms with Gasteiger partial charge in [-0.05, 0) is 146 Å². The minimum Gasteiger partial charge on any atom is -0.494 e. The molecule has 2 heterocycles. The fraction of sp³-hybridized carbons (Fsp3) is 0.405. The molecule has 0 saturated heterocycles. The van der Waals surface area contributed by atoms with Gasteiger partial charge in [0.1, 0.15) is 101 Å². The van der Waals surface area contributed by atoms with Gasteiger partial charge in [-0.2, -0.15) is 0 Å². The molecule has 638 valence electrons. The molecule has 6 amide bonds. The van der Waals surface area contributed by atoms with Gasteiger partial charge in [-0.25, -0.2) is 0 Å². The Labute approximate surface area is 693 Å². The summed E-state index contributed by atoms with van der Waals surface area (Å²) in [5.74, 6) is -2.65. The number of fused-ring (bicyclic) bond motifs is 2. The van der Waals surface area contributed by atoms with Crippen LogP contribution in [0.15, 0.2) is 121 Å². The van der Waals surface area contributed by atoms with Crippen molar-refractivity contribution in [3.05, 3.63) is 144 Å². The van der Waals surface area contributed by atoms with E-state index < -0.39 is 101 Å². The average Bonchev–Trinajstić information content (AvgIpc) is 0.669. The van der Waals surface area contributed by atoms with Crippen LogP contribution < -0.4 is 48.5 Å². The maximum Gasteiger partial charge on any atom is 0.503 e. The largest absolute Gasteiger partial charge is 0.503 e. The minimum absolute atomic E-state index is 0.0270. The smallest absolute Gasteiger partial charge is 0.494 e. The lowest BCUT2D eigenvalue weighted by atomic mass is 9.80. The molecule has 2 aliphatic rings. The number of hydrogen-bond acceptors (Lipinski definition) is 26. The van der Waals surface area contributed by atoms with Crippen LogP contribution in [0.1, 0.15) is 95.8 Å². The Balaban J connectivity index is 1.27. The van der Waals surface area contributed by atoms with Gasteiger partial charge >= 0.3 is 8.80 Å². The summed E-state index contributed by atoms with van der Waals surface area (Å²) in [5, 5.41) is 7.09. The predicted octanol–water partition coefficient (Wildman–Crippen LogP) is 16.1. The zero-order valence-electron chi connectivity index (χ0n) is 69.6. The van der Waals surface area contributed by atoms with Gasteiger partial charge in [-0.15, -0.1) is 0 Å². The van der Waals surface area contributed by atoms with Gasteiger partial charge in [-0.1, -0.05) is 41.5 Å². The maximum absolute atomic E-state index is 16.4. The molecule has 11 rings (SSSR count). The summed E-state index contributed by atoms with van der Waals surface area (Å²) in [7, 11) is 7.66. The van der Waals surface area contributed by atoms with Crippen LogP contribution >= 0.6 is 32.6 Å². The van der Waals surface area contributed by atoms with Crippen molar-refractivity contribution in [3.8, 4) is 69.0 Å². The first-order chi connectivity index (χ1) is 56.8. The topological polar surface area (TPSA) is 318 Å². The van der Waals surface area contributed by atoms with Crippen molar-refractivity contribution in [3.63, 3.8) is 0 Å². The molecule has 9 aromatic rings. The third kappa shape index (κ3) is 18.4. The van der Waals surface area contributed by atoms with Gasteiger partial charge in [-0.3, -0.25) is 76.2 Å². The fourth-order valence-corrected chi connectivity index (χ4v) is 19.5. The second-order valence-corrected chi connectivity index (χ2v) is 38.3. The van der Waals surface area contributed by atoms with Gasteiger partial charge in [0.15, 0.2) is 0 Å². The molecule has 0 aromatic heterocycles. The van der Waals surface area contributed by atoms with Crippen LogP contribution in [0, 0.1) is 11.8 Å². The van der Waals surface area contributed by atoms with E-state index in [4.69, 9.17) is 88.8 Å². The highest BCUT2D eigenvalue weighted by atomic mass is 32.3. The van der Waals surface area contributed by atoms with Gasteiger partial charge in [0.2, 0.25) is 11.8 Å². The highest BCUT2D eigenvalue weighted by Gasteiger charge is 2.48. The van der Waals surface area contributed by atoms with Crippen molar-refractivity contribution >= 4 is 120 Å². The lowest BCUT2D eigenvalue weighted by molar-refractivity contribution is -0.127. The Bertz CT molecular complexity index is 4430. The van der Waals surface area contributed by atoms with Crippen LogP contribution in [-0.2, 0) is 60.5 Å². The Morgan fingerprint density at radius 2 is 0.568 bits per heavy atom. The third-order valence-electron chi connectivity index (χ3n) is 20.3. The summed E-state index contributed by atoms with van der Waals surface area (Å²) in [6.07, 6.45) is 1.10. The van der Waals surface area contributed by atoms with Crippen LogP contribution in [0.25, 0.3) is 43.1 Å². The minimum atomic E-state index is -3.08. The van der Waals surface area contributed by atoms with Crippen LogP contribution in [0.5, 0.6) is 69.0 Å². The molecule has 9 aromatic carbocycles. The maximum atomic E-state index is 16.4. The van der Waals surface area contributed by atoms with Gasteiger partial charge in [0.05, 0.1) is 149 Å². The van der Waals surface area contributed by atoms with Crippen LogP contribution in [0.4, 0.5) is 0 Å². The number of nitrogens with zero attached hydrogens (tertiary/aromatic N) is 2. The van der Waals surface area contributed by atoms with Crippen molar-refractivity contribution in [2.24, 2.45) is 11.8 Å². The zero-order chi connectivity index (χ0) is 85.0. The lowest BCUT2D eigenvalue weighted by Gasteiger charge is -2.37. The highest BCUT2D eigenvalue weighted by molar-refractivity contribution is 8.22. The standard InChI is InChI=1S/C84H104N4O26S3Si/c1-19-37-85-79(89)77(51(3)4)87-81(91)61-47-65(111-57-29-21-53(22-30-57)107-39-43-115(95-7,96-8)97-9)71-72-66(112-58-31-23-54(24-32-58)108-40-44-116(98-10,99-11)100-12)48-63-70-64(84(94)88(83(63)93)78(52(5)6)80(90)86-38-20-2)50-68(114-60-35-27-56(28-36-60)110-42-46-118(104-16,105-17)106-18)74(76(70)72)73-67(49-62(82(87)92)69(61)75(71)73)113-59-33-25-55(26-34-59)109-41-45-117(101-13,102-14)103-15/h21-36,47-52,77-78H,19-20,37-46H2,1-18H3,(H,85,89)(H,86,90). The van der Waals surface area contributed by atoms with Crippen molar-refractivity contribution in [2.75, 3.05) is 142 Å². The fourth-order valence-electron chi connectivity index (χ4n) is 14.4. The molecule has 0 saturated carbocycles. The van der Waals surface area contributed by atoms with Crippen molar-refractivity contribution < 1.29 is 118 Å². The number of nitrogens with one attached hydrogen (secondary N) is 2. The Kier molecular flexibility index (Phi) is 29.8. The number of amides is 6. The molecule has 0 bridgehead atoms. The number of carbonyl (C=O) groups is 6. The second-order valence-electron chi connectivity index (χ2n) is 27.6. The highest BCUT2D eigenvalue weighted by Crippen LogP contribution is 2.59. The summed E-state index contributed by atoms with van der Waals surface area (Å²) in [4.78, 5) is 96.9. The predicted molar refractivity (Wildman–Crippen MR) is 453 cm³/mol. The second kappa shape index (κ2) is 39.3. The lowest BCUT2D eigenvalue weighted by Crippen LogP contribution is -2.56. The first-order valence-corrected chi connectivity index (χ1v) is 44.9. The normalized spacial score (nSPS) is 14.2. The number of benzene rings is 9. The third-order valence-corrected chi connectivity index (χ3v) is 29.6. The molecular formula is C84H104N4O26S3Si. The molecule has 118 heavy (non-hydrogen) atoms. The van der Waals surface area contributed by atoms with Crippen molar-refractivity contribution in [1.82, 2.24) is 20.4 Å². The summed E-state index contributed by atoms with van der Waals surface area (Å²) in [6, 6.07) is 30.4. The molecule has 0 spiro atoms. The molecule has 0 radical (unpaired) electrons. The van der Waals surface area contributed by atoms with Gasteiger partial charge in [0.25, 0.3) is 23.6 Å². The summed E-state index contributed by atoms with van der Waals surface area (Å²) < 4.78 is 122. The molecule has 2 atom stereocenters. The van der Waals surface area contributed by atoms with Gasteiger partial charge in [0, 0.05) is 77.5 Å². The zero-order valence-corrected chi connectivity index (χ0v) is 73.0. The summed E-state index contributed by atoms with van der Waals surface area (Å²) in [5.41, 5.74) is -0.269. The Morgan fingerprint density at radius 3 is 0.780 bits per heavy atom. The van der Waals surface area contributed by atoms with Crippen molar-refractivity contribution in [1.29, 1.82) is 0 Å². The van der Waals surface area contributed by atoms with E-state index in [1.165, 1.54) is 110 Å². The van der Waals surface area contributed by atoms with Crippen molar-refractivity contribution in [2.45, 2.75) is 72.5 Å². The van der Waals surface area contributed by atoms with E-state index in [9.17, 15) is 9.59 Å². The van der Waals surface area contributed by atoms with E-state index in [2.05, 4.69) is 10.6 Å². The molecule has 30 nitrogen and oxygen atoms in total. The number of hydrogen-bond donors (Lipinski definition) is 2. The van der Waals surface area contributed by atoms with Crippen LogP contribution in [0.2, 0.25) is 6.04 Å². The van der Waals surface area contributed by atoms with E-state index in [1.54, 1.807) is 125 Å². The van der Waals surface area contributed by atoms with E-state index in [-0.39, 0.29) is 168 Å². The molecule has 2 N–H and O–H groups in total. The first kappa shape index (κ1) is 89.5. The number of carbonyl (C=O) groups excluding carboxylic acids is 6. The van der Waals surface area contributed by atoms with E-state index >= 15 is 19.2 Å². The molecular weight excluding hydrogens is 1610 g/mol. The molecule has 34 heteroatoms. The van der Waals surface area contributed by atoms with Gasteiger partial charge < -0.3 is 61.8 Å². The molecule has 2 unspecified atom stereocenters. The van der Waals surface area contributed by atoms with Crippen LogP contribution in [-0.4, -0.2) is 208 Å². The van der Waals surface area contributed by atoms with Crippen LogP contribution in [0.3, 0.4) is 0 Å².